The van der Waals surface area contributed by atoms with Gasteiger partial charge in [0, 0.05) is 0 Å². The molecule has 2 rings (SSSR count). The van der Waals surface area contributed by atoms with Gasteiger partial charge in [-0.25, -0.2) is 0 Å². The van der Waals surface area contributed by atoms with Crippen LogP contribution in [0.2, 0.25) is 5.02 Å². The Labute approximate surface area is 126 Å². The van der Waals surface area contributed by atoms with Crippen LogP contribution in [-0.2, 0) is 4.79 Å². The number of likely N-dealkylation sites (tertiary alicyclic amines) is 1. The van der Waals surface area contributed by atoms with Crippen molar-refractivity contribution in [3.63, 3.8) is 0 Å². The van der Waals surface area contributed by atoms with E-state index in [2.05, 4.69) is 17.1 Å². The summed E-state index contributed by atoms with van der Waals surface area (Å²) in [6, 6.07) is 3.91. The summed E-state index contributed by atoms with van der Waals surface area (Å²) in [6.07, 6.45) is 2.36. The third kappa shape index (κ3) is 3.97. The first-order valence-electron chi connectivity index (χ1n) is 7.24. The Balaban J connectivity index is 1.95. The highest BCUT2D eigenvalue weighted by atomic mass is 35.5. The number of hydrogen-bond donors (Lipinski definition) is 1. The van der Waals surface area contributed by atoms with Crippen LogP contribution in [0.5, 0.6) is 0 Å². The molecule has 0 atom stereocenters. The van der Waals surface area contributed by atoms with Crippen molar-refractivity contribution in [3.05, 3.63) is 28.3 Å². The second-order valence-electron chi connectivity index (χ2n) is 5.95. The molecule has 0 aliphatic carbocycles. The summed E-state index contributed by atoms with van der Waals surface area (Å²) in [7, 11) is 0. The largest absolute Gasteiger partial charge is 0.323 e. The maximum Gasteiger partial charge on any atom is 0.238 e. The minimum atomic E-state index is 0.0217. The van der Waals surface area contributed by atoms with Gasteiger partial charge in [0.25, 0.3) is 0 Å². The summed E-state index contributed by atoms with van der Waals surface area (Å²) >= 11 is 6.21. The van der Waals surface area contributed by atoms with Gasteiger partial charge in [-0.15, -0.1) is 0 Å². The van der Waals surface area contributed by atoms with Crippen molar-refractivity contribution in [2.75, 3.05) is 25.0 Å². The van der Waals surface area contributed by atoms with Crippen molar-refractivity contribution in [1.29, 1.82) is 0 Å². The monoisotopic (exact) mass is 294 g/mol. The number of rotatable bonds is 3. The number of hydrogen-bond acceptors (Lipinski definition) is 2. The molecule has 1 aromatic rings. The number of nitrogens with one attached hydrogen (secondary N) is 1. The predicted octanol–water partition coefficient (Wildman–Crippen LogP) is 3.63. The van der Waals surface area contributed by atoms with Gasteiger partial charge in [0.15, 0.2) is 0 Å². The summed E-state index contributed by atoms with van der Waals surface area (Å²) in [4.78, 5) is 14.4. The zero-order chi connectivity index (χ0) is 14.7. The lowest BCUT2D eigenvalue weighted by Gasteiger charge is -2.29. The molecule has 0 unspecified atom stereocenters. The number of piperidine rings is 1. The van der Waals surface area contributed by atoms with Gasteiger partial charge in [0.1, 0.15) is 0 Å². The molecule has 0 bridgehead atoms. The summed E-state index contributed by atoms with van der Waals surface area (Å²) < 4.78 is 0. The minimum absolute atomic E-state index is 0.0217. The molecule has 1 N–H and O–H groups in total. The Morgan fingerprint density at radius 1 is 1.35 bits per heavy atom. The highest BCUT2D eigenvalue weighted by Gasteiger charge is 2.18. The van der Waals surface area contributed by atoms with Crippen LogP contribution >= 0.6 is 11.6 Å². The summed E-state index contributed by atoms with van der Waals surface area (Å²) in [6.45, 7) is 8.71. The number of anilines is 1. The molecule has 1 amide bonds. The lowest BCUT2D eigenvalue weighted by Crippen LogP contribution is -2.38. The predicted molar refractivity (Wildman–Crippen MR) is 84.4 cm³/mol. The van der Waals surface area contributed by atoms with E-state index >= 15 is 0 Å². The molecule has 0 aromatic heterocycles. The van der Waals surface area contributed by atoms with Gasteiger partial charge in [-0.3, -0.25) is 9.69 Å². The average Bonchev–Trinajstić information content (AvgIpc) is 2.36. The lowest BCUT2D eigenvalue weighted by molar-refractivity contribution is -0.117. The second kappa shape index (κ2) is 6.59. The van der Waals surface area contributed by atoms with Crippen molar-refractivity contribution in [2.24, 2.45) is 5.92 Å². The molecule has 110 valence electrons. The van der Waals surface area contributed by atoms with Crippen LogP contribution in [0.4, 0.5) is 5.69 Å². The smallest absolute Gasteiger partial charge is 0.238 e. The van der Waals surface area contributed by atoms with Gasteiger partial charge in [0.05, 0.1) is 17.3 Å². The fourth-order valence-corrected chi connectivity index (χ4v) is 3.04. The SMILES string of the molecule is Cc1cc(C)c(NC(=O)CN2CCC(C)CC2)c(Cl)c1. The fourth-order valence-electron chi connectivity index (χ4n) is 2.68. The number of aryl methyl sites for hydroxylation is 2. The van der Waals surface area contributed by atoms with Crippen LogP contribution in [0.3, 0.4) is 0 Å². The Kier molecular flexibility index (Phi) is 5.06. The number of nitrogens with zero attached hydrogens (tertiary/aromatic N) is 1. The van der Waals surface area contributed by atoms with E-state index in [4.69, 9.17) is 11.6 Å². The molecule has 1 aliphatic rings. The number of carbonyl (C=O) groups is 1. The van der Waals surface area contributed by atoms with Gasteiger partial charge in [0.2, 0.25) is 5.91 Å². The second-order valence-corrected chi connectivity index (χ2v) is 6.35. The third-order valence-corrected chi connectivity index (χ3v) is 4.24. The van der Waals surface area contributed by atoms with Crippen LogP contribution in [0, 0.1) is 19.8 Å². The lowest BCUT2D eigenvalue weighted by atomic mass is 9.99. The van der Waals surface area contributed by atoms with Crippen molar-refractivity contribution >= 4 is 23.2 Å². The normalized spacial score (nSPS) is 17.2. The number of benzene rings is 1. The molecule has 3 nitrogen and oxygen atoms in total. The Hall–Kier alpha value is -1.06. The molecule has 1 heterocycles. The molecular weight excluding hydrogens is 272 g/mol. The van der Waals surface area contributed by atoms with E-state index in [1.807, 2.05) is 26.0 Å². The fraction of sp³-hybridized carbons (Fsp3) is 0.562. The van der Waals surface area contributed by atoms with Crippen molar-refractivity contribution in [3.8, 4) is 0 Å². The minimum Gasteiger partial charge on any atom is -0.323 e. The van der Waals surface area contributed by atoms with Gasteiger partial charge in [-0.2, -0.15) is 0 Å². The molecule has 20 heavy (non-hydrogen) atoms. The quantitative estimate of drug-likeness (QED) is 0.923. The topological polar surface area (TPSA) is 32.3 Å². The molecule has 1 saturated heterocycles. The molecule has 1 aromatic carbocycles. The molecular formula is C16H23ClN2O. The molecule has 4 heteroatoms. The number of halogens is 1. The molecule has 0 spiro atoms. The summed E-state index contributed by atoms with van der Waals surface area (Å²) in [5.74, 6) is 0.802. The first-order chi connectivity index (χ1) is 9.45. The standard InChI is InChI=1S/C16H23ClN2O/c1-11-4-6-19(7-5-11)10-15(20)18-16-13(3)8-12(2)9-14(16)17/h8-9,11H,4-7,10H2,1-3H3,(H,18,20). The average molecular weight is 295 g/mol. The van der Waals surface area contributed by atoms with Crippen LogP contribution < -0.4 is 5.32 Å². The van der Waals surface area contributed by atoms with Crippen LogP contribution in [-0.4, -0.2) is 30.4 Å². The van der Waals surface area contributed by atoms with Crippen LogP contribution in [0.25, 0.3) is 0 Å². The van der Waals surface area contributed by atoms with Crippen LogP contribution in [0.15, 0.2) is 12.1 Å². The third-order valence-electron chi connectivity index (χ3n) is 3.94. The first kappa shape index (κ1) is 15.3. The van der Waals surface area contributed by atoms with Crippen molar-refractivity contribution in [1.82, 2.24) is 4.90 Å². The van der Waals surface area contributed by atoms with E-state index in [0.29, 0.717) is 11.6 Å². The van der Waals surface area contributed by atoms with E-state index < -0.39 is 0 Å². The highest BCUT2D eigenvalue weighted by Crippen LogP contribution is 2.27. The zero-order valence-electron chi connectivity index (χ0n) is 12.5. The van der Waals surface area contributed by atoms with Gasteiger partial charge in [-0.05, 0) is 62.9 Å². The van der Waals surface area contributed by atoms with Gasteiger partial charge >= 0.3 is 0 Å². The Morgan fingerprint density at radius 2 is 2.00 bits per heavy atom. The molecule has 0 saturated carbocycles. The zero-order valence-corrected chi connectivity index (χ0v) is 13.3. The van der Waals surface area contributed by atoms with E-state index in [0.717, 1.165) is 35.8 Å². The van der Waals surface area contributed by atoms with Gasteiger partial charge < -0.3 is 5.32 Å². The summed E-state index contributed by atoms with van der Waals surface area (Å²) in [5, 5.41) is 3.57. The highest BCUT2D eigenvalue weighted by molar-refractivity contribution is 6.34. The maximum atomic E-state index is 12.1. The van der Waals surface area contributed by atoms with E-state index in [9.17, 15) is 4.79 Å². The number of carbonyl (C=O) groups excluding carboxylic acids is 1. The molecule has 1 fully saturated rings. The Morgan fingerprint density at radius 3 is 2.60 bits per heavy atom. The Bertz CT molecular complexity index is 470. The summed E-state index contributed by atoms with van der Waals surface area (Å²) in [5.41, 5.74) is 2.86. The number of amides is 1. The maximum absolute atomic E-state index is 12.1. The van der Waals surface area contributed by atoms with Crippen molar-refractivity contribution in [2.45, 2.75) is 33.6 Å². The van der Waals surface area contributed by atoms with E-state index in [1.54, 1.807) is 0 Å². The molecule has 0 radical (unpaired) electrons. The van der Waals surface area contributed by atoms with Crippen molar-refractivity contribution < 1.29 is 4.79 Å². The van der Waals surface area contributed by atoms with Crippen LogP contribution in [0.1, 0.15) is 30.9 Å². The van der Waals surface area contributed by atoms with E-state index in [1.165, 1.54) is 12.8 Å². The van der Waals surface area contributed by atoms with Gasteiger partial charge in [-0.1, -0.05) is 24.6 Å². The van der Waals surface area contributed by atoms with E-state index in [-0.39, 0.29) is 5.91 Å². The molecule has 1 aliphatic heterocycles. The first-order valence-corrected chi connectivity index (χ1v) is 7.62.